The highest BCUT2D eigenvalue weighted by Crippen LogP contribution is 2.21. The van der Waals surface area contributed by atoms with E-state index in [-0.39, 0.29) is 11.8 Å². The number of nitrogens with one attached hydrogen (secondary N) is 2. The summed E-state index contributed by atoms with van der Waals surface area (Å²) in [6, 6.07) is -3.98. The van der Waals surface area contributed by atoms with Gasteiger partial charge in [-0.2, -0.15) is 0 Å². The van der Waals surface area contributed by atoms with E-state index >= 15 is 0 Å². The van der Waals surface area contributed by atoms with Gasteiger partial charge < -0.3 is 32.1 Å². The van der Waals surface area contributed by atoms with Gasteiger partial charge in [-0.25, -0.2) is 4.79 Å². The lowest BCUT2D eigenvalue weighted by Gasteiger charge is -2.31. The molecule has 1 saturated heterocycles. The van der Waals surface area contributed by atoms with Crippen molar-refractivity contribution >= 4 is 29.6 Å². The molecule has 182 valence electrons. The number of nitrogens with two attached hydrogens (primary N) is 2. The third-order valence-electron chi connectivity index (χ3n) is 5.74. The Balaban J connectivity index is 2.98. The van der Waals surface area contributed by atoms with Crippen molar-refractivity contribution in [1.82, 2.24) is 15.5 Å². The molecule has 11 nitrogen and oxygen atoms in total. The van der Waals surface area contributed by atoms with Crippen molar-refractivity contribution in [3.8, 4) is 0 Å². The molecule has 0 bridgehead atoms. The molecule has 1 rings (SSSR count). The van der Waals surface area contributed by atoms with Gasteiger partial charge in [-0.05, 0) is 31.1 Å². The molecule has 0 aromatic rings. The quantitative estimate of drug-likeness (QED) is 0.258. The molecule has 0 radical (unpaired) electrons. The summed E-state index contributed by atoms with van der Waals surface area (Å²) in [7, 11) is 0. The van der Waals surface area contributed by atoms with Crippen LogP contribution in [0.5, 0.6) is 0 Å². The Morgan fingerprint density at radius 1 is 1.09 bits per heavy atom. The fourth-order valence-electron chi connectivity index (χ4n) is 3.65. The fraction of sp³-hybridized carbons (Fsp3) is 0.762. The van der Waals surface area contributed by atoms with E-state index in [9.17, 15) is 29.1 Å². The van der Waals surface area contributed by atoms with Gasteiger partial charge in [-0.3, -0.25) is 19.2 Å². The number of amides is 4. The number of carboxylic acid groups (broad SMARTS) is 1. The van der Waals surface area contributed by atoms with Crippen LogP contribution in [-0.2, 0) is 24.0 Å². The van der Waals surface area contributed by atoms with E-state index in [1.165, 1.54) is 4.90 Å². The minimum Gasteiger partial charge on any atom is -0.480 e. The van der Waals surface area contributed by atoms with Crippen molar-refractivity contribution in [3.05, 3.63) is 0 Å². The van der Waals surface area contributed by atoms with E-state index in [2.05, 4.69) is 10.6 Å². The second-order valence-electron chi connectivity index (χ2n) is 8.86. The zero-order chi connectivity index (χ0) is 24.6. The topological polar surface area (TPSA) is 185 Å². The molecule has 4 amide bonds. The fourth-order valence-corrected chi connectivity index (χ4v) is 3.65. The van der Waals surface area contributed by atoms with Crippen LogP contribution >= 0.6 is 0 Å². The Kier molecular flexibility index (Phi) is 10.6. The molecule has 32 heavy (non-hydrogen) atoms. The second-order valence-corrected chi connectivity index (χ2v) is 8.86. The molecule has 5 unspecified atom stereocenters. The van der Waals surface area contributed by atoms with Crippen molar-refractivity contribution in [3.63, 3.8) is 0 Å². The molecule has 0 aliphatic carbocycles. The Morgan fingerprint density at radius 2 is 1.72 bits per heavy atom. The summed E-state index contributed by atoms with van der Waals surface area (Å²) in [6.45, 7) is 7.90. The number of carbonyl (C=O) groups excluding carboxylic acids is 4. The first kappa shape index (κ1) is 27.3. The normalized spacial score (nSPS) is 19.7. The van der Waals surface area contributed by atoms with Crippen LogP contribution in [0, 0.1) is 11.8 Å². The van der Waals surface area contributed by atoms with Crippen LogP contribution in [0.15, 0.2) is 0 Å². The smallest absolute Gasteiger partial charge is 0.326 e. The number of nitrogens with zero attached hydrogens (tertiary/aromatic N) is 1. The van der Waals surface area contributed by atoms with Gasteiger partial charge >= 0.3 is 5.97 Å². The van der Waals surface area contributed by atoms with Crippen molar-refractivity contribution in [2.45, 2.75) is 84.0 Å². The SMILES string of the molecule is CCC(C)C(N)C(=O)NC(CC(C)C)C(=O)N1CCCC1C(=O)NC(CC(N)=O)C(=O)O. The Labute approximate surface area is 188 Å². The first-order valence-corrected chi connectivity index (χ1v) is 11.1. The molecule has 0 aromatic heterocycles. The Morgan fingerprint density at radius 3 is 2.22 bits per heavy atom. The van der Waals surface area contributed by atoms with E-state index in [4.69, 9.17) is 11.5 Å². The zero-order valence-corrected chi connectivity index (χ0v) is 19.3. The Hall–Kier alpha value is -2.69. The largest absolute Gasteiger partial charge is 0.480 e. The predicted molar refractivity (Wildman–Crippen MR) is 117 cm³/mol. The molecule has 0 spiro atoms. The lowest BCUT2D eigenvalue weighted by Crippen LogP contribution is -2.57. The van der Waals surface area contributed by atoms with E-state index in [1.807, 2.05) is 27.7 Å². The van der Waals surface area contributed by atoms with Gasteiger partial charge in [0.2, 0.25) is 23.6 Å². The van der Waals surface area contributed by atoms with Crippen LogP contribution in [0.3, 0.4) is 0 Å². The van der Waals surface area contributed by atoms with Crippen molar-refractivity contribution in [2.75, 3.05) is 6.54 Å². The van der Waals surface area contributed by atoms with Crippen molar-refractivity contribution < 1.29 is 29.1 Å². The molecule has 7 N–H and O–H groups in total. The molecular weight excluding hydrogens is 418 g/mol. The Bertz CT molecular complexity index is 713. The minimum absolute atomic E-state index is 0.0617. The van der Waals surface area contributed by atoms with Crippen LogP contribution < -0.4 is 22.1 Å². The molecule has 0 aromatic carbocycles. The number of hydrogen-bond donors (Lipinski definition) is 5. The highest BCUT2D eigenvalue weighted by atomic mass is 16.4. The van der Waals surface area contributed by atoms with Gasteiger partial charge in [0.15, 0.2) is 0 Å². The first-order chi connectivity index (χ1) is 14.9. The molecule has 1 aliphatic heterocycles. The predicted octanol–water partition coefficient (Wildman–Crippen LogP) is -0.673. The first-order valence-electron chi connectivity index (χ1n) is 11.1. The summed E-state index contributed by atoms with van der Waals surface area (Å²) in [5, 5.41) is 14.3. The number of aliphatic carboxylic acids is 1. The highest BCUT2D eigenvalue weighted by Gasteiger charge is 2.39. The maximum atomic E-state index is 13.3. The molecule has 11 heteroatoms. The average Bonchev–Trinajstić information content (AvgIpc) is 3.20. The van der Waals surface area contributed by atoms with Gasteiger partial charge in [0, 0.05) is 6.54 Å². The maximum Gasteiger partial charge on any atom is 0.326 e. The van der Waals surface area contributed by atoms with Crippen molar-refractivity contribution in [2.24, 2.45) is 23.3 Å². The molecule has 1 heterocycles. The van der Waals surface area contributed by atoms with Crippen LogP contribution in [0.25, 0.3) is 0 Å². The number of rotatable bonds is 12. The van der Waals surface area contributed by atoms with Gasteiger partial charge in [-0.15, -0.1) is 0 Å². The highest BCUT2D eigenvalue weighted by molar-refractivity contribution is 5.95. The minimum atomic E-state index is -1.47. The lowest BCUT2D eigenvalue weighted by molar-refractivity contribution is -0.146. The second kappa shape index (κ2) is 12.4. The van der Waals surface area contributed by atoms with Crippen LogP contribution in [0.1, 0.15) is 59.8 Å². The standard InChI is InChI=1S/C21H37N5O6/c1-5-12(4)17(23)19(29)24-13(9-11(2)3)20(30)26-8-6-7-15(26)18(28)25-14(21(31)32)10-16(22)27/h11-15,17H,5-10,23H2,1-4H3,(H2,22,27)(H,24,29)(H,25,28)(H,31,32). The maximum absolute atomic E-state index is 13.3. The summed E-state index contributed by atoms with van der Waals surface area (Å²) in [4.78, 5) is 62.4. The number of hydrogen-bond acceptors (Lipinski definition) is 6. The number of carbonyl (C=O) groups is 5. The monoisotopic (exact) mass is 455 g/mol. The number of likely N-dealkylation sites (tertiary alicyclic amines) is 1. The van der Waals surface area contributed by atoms with Crippen molar-refractivity contribution in [1.29, 1.82) is 0 Å². The summed E-state index contributed by atoms with van der Waals surface area (Å²) in [5.41, 5.74) is 11.1. The molecule has 1 aliphatic rings. The van der Waals surface area contributed by atoms with Gasteiger partial charge in [0.1, 0.15) is 18.1 Å². The van der Waals surface area contributed by atoms with E-state index < -0.39 is 60.2 Å². The lowest BCUT2D eigenvalue weighted by atomic mass is 9.97. The van der Waals surface area contributed by atoms with E-state index in [0.717, 1.165) is 0 Å². The van der Waals surface area contributed by atoms with E-state index in [1.54, 1.807) is 0 Å². The number of primary amides is 1. The van der Waals surface area contributed by atoms with Gasteiger partial charge in [0.25, 0.3) is 0 Å². The summed E-state index contributed by atoms with van der Waals surface area (Å²) in [6.07, 6.45) is 1.41. The molecular formula is C21H37N5O6. The molecule has 1 fully saturated rings. The van der Waals surface area contributed by atoms with Gasteiger partial charge in [-0.1, -0.05) is 34.1 Å². The number of carboxylic acids is 1. The molecule has 0 saturated carbocycles. The van der Waals surface area contributed by atoms with Crippen LogP contribution in [0.4, 0.5) is 0 Å². The van der Waals surface area contributed by atoms with Crippen LogP contribution in [0.2, 0.25) is 0 Å². The zero-order valence-electron chi connectivity index (χ0n) is 19.3. The summed E-state index contributed by atoms with van der Waals surface area (Å²) in [5.74, 6) is -3.74. The summed E-state index contributed by atoms with van der Waals surface area (Å²) < 4.78 is 0. The van der Waals surface area contributed by atoms with Crippen LogP contribution in [-0.4, -0.2) is 70.3 Å². The third-order valence-corrected chi connectivity index (χ3v) is 5.74. The van der Waals surface area contributed by atoms with E-state index in [0.29, 0.717) is 32.2 Å². The third kappa shape index (κ3) is 7.77. The van der Waals surface area contributed by atoms with Gasteiger partial charge in [0.05, 0.1) is 12.5 Å². The summed E-state index contributed by atoms with van der Waals surface area (Å²) >= 11 is 0. The average molecular weight is 456 g/mol. The molecule has 5 atom stereocenters.